The summed E-state index contributed by atoms with van der Waals surface area (Å²) in [7, 11) is 0. The number of rotatable bonds is 6. The Morgan fingerprint density at radius 3 is 2.23 bits per heavy atom. The van der Waals surface area contributed by atoms with E-state index in [0.717, 1.165) is 12.2 Å². The minimum absolute atomic E-state index is 0.0436. The smallest absolute Gasteiger partial charge is 0.407 e. The molecule has 120 valence electrons. The van der Waals surface area contributed by atoms with E-state index in [-0.39, 0.29) is 37.8 Å². The summed E-state index contributed by atoms with van der Waals surface area (Å²) < 4.78 is 14.3. The second-order valence-electron chi connectivity index (χ2n) is 4.84. The lowest BCUT2D eigenvalue weighted by Crippen LogP contribution is -2.31. The predicted octanol–water partition coefficient (Wildman–Crippen LogP) is -0.984. The molecule has 2 heterocycles. The van der Waals surface area contributed by atoms with Gasteiger partial charge in [-0.3, -0.25) is 4.79 Å². The molecule has 0 aliphatic carbocycles. The van der Waals surface area contributed by atoms with Gasteiger partial charge in [0.1, 0.15) is 25.9 Å². The first-order valence-electron chi connectivity index (χ1n) is 6.77. The molecule has 0 unspecified atom stereocenters. The summed E-state index contributed by atoms with van der Waals surface area (Å²) in [6.45, 7) is 0.151. The van der Waals surface area contributed by atoms with E-state index in [1.165, 1.54) is 0 Å². The summed E-state index contributed by atoms with van der Waals surface area (Å²) in [6, 6.07) is -0.564. The van der Waals surface area contributed by atoms with E-state index in [0.29, 0.717) is 12.8 Å². The van der Waals surface area contributed by atoms with E-state index in [9.17, 15) is 19.2 Å². The number of hydrogen-bond acceptors (Lipinski definition) is 7. The largest absolute Gasteiger partial charge is 0.460 e. The van der Waals surface area contributed by atoms with Crippen LogP contribution in [0.5, 0.6) is 0 Å². The SMILES string of the molecule is O=C1CC[C@H](COC(=O)/C=C/C(=O)OC[C@H]2COC(=O)N2)N1. The Morgan fingerprint density at radius 1 is 1.09 bits per heavy atom. The van der Waals surface area contributed by atoms with Gasteiger partial charge in [-0.05, 0) is 6.42 Å². The molecule has 0 aromatic carbocycles. The summed E-state index contributed by atoms with van der Waals surface area (Å²) in [5.41, 5.74) is 0. The molecule has 0 spiro atoms. The first kappa shape index (κ1) is 15.8. The minimum Gasteiger partial charge on any atom is -0.460 e. The summed E-state index contributed by atoms with van der Waals surface area (Å²) in [4.78, 5) is 44.4. The lowest BCUT2D eigenvalue weighted by molar-refractivity contribution is -0.141. The van der Waals surface area contributed by atoms with Crippen molar-refractivity contribution in [3.8, 4) is 0 Å². The third-order valence-corrected chi connectivity index (χ3v) is 3.03. The third-order valence-electron chi connectivity index (χ3n) is 3.03. The van der Waals surface area contributed by atoms with E-state index < -0.39 is 18.0 Å². The molecule has 9 heteroatoms. The van der Waals surface area contributed by atoms with Crippen molar-refractivity contribution in [3.63, 3.8) is 0 Å². The first-order valence-corrected chi connectivity index (χ1v) is 6.77. The van der Waals surface area contributed by atoms with E-state index in [2.05, 4.69) is 15.4 Å². The van der Waals surface area contributed by atoms with Gasteiger partial charge in [-0.1, -0.05) is 0 Å². The molecule has 2 fully saturated rings. The van der Waals surface area contributed by atoms with Gasteiger partial charge in [0.2, 0.25) is 5.91 Å². The van der Waals surface area contributed by atoms with Gasteiger partial charge in [-0.15, -0.1) is 0 Å². The first-order chi connectivity index (χ1) is 10.5. The van der Waals surface area contributed by atoms with E-state index in [1.807, 2.05) is 0 Å². The molecule has 2 aliphatic heterocycles. The molecule has 0 aromatic heterocycles. The third kappa shape index (κ3) is 5.08. The average Bonchev–Trinajstić information content (AvgIpc) is 3.09. The highest BCUT2D eigenvalue weighted by Crippen LogP contribution is 2.06. The van der Waals surface area contributed by atoms with Crippen LogP contribution in [0, 0.1) is 0 Å². The maximum atomic E-state index is 11.4. The number of esters is 2. The van der Waals surface area contributed by atoms with Crippen molar-refractivity contribution < 1.29 is 33.4 Å². The highest BCUT2D eigenvalue weighted by Gasteiger charge is 2.23. The molecule has 22 heavy (non-hydrogen) atoms. The zero-order valence-electron chi connectivity index (χ0n) is 11.7. The van der Waals surface area contributed by atoms with Gasteiger partial charge >= 0.3 is 18.0 Å². The Morgan fingerprint density at radius 2 is 1.73 bits per heavy atom. The number of alkyl carbamates (subject to hydrolysis) is 1. The normalized spacial score (nSPS) is 23.8. The second kappa shape index (κ2) is 7.43. The van der Waals surface area contributed by atoms with Crippen LogP contribution in [0.15, 0.2) is 12.2 Å². The molecule has 2 saturated heterocycles. The van der Waals surface area contributed by atoms with Gasteiger partial charge in [0.15, 0.2) is 0 Å². The molecule has 2 atom stereocenters. The van der Waals surface area contributed by atoms with Crippen molar-refractivity contribution in [1.29, 1.82) is 0 Å². The lowest BCUT2D eigenvalue weighted by atomic mass is 10.2. The number of cyclic esters (lactones) is 1. The fraction of sp³-hybridized carbons (Fsp3) is 0.538. The molecule has 0 radical (unpaired) electrons. The predicted molar refractivity (Wildman–Crippen MR) is 70.5 cm³/mol. The molecule has 2 N–H and O–H groups in total. The molecule has 0 bridgehead atoms. The summed E-state index contributed by atoms with van der Waals surface area (Å²) >= 11 is 0. The van der Waals surface area contributed by atoms with Crippen LogP contribution >= 0.6 is 0 Å². The monoisotopic (exact) mass is 312 g/mol. The molecule has 2 aliphatic rings. The molecular weight excluding hydrogens is 296 g/mol. The summed E-state index contributed by atoms with van der Waals surface area (Å²) in [5, 5.41) is 5.09. The van der Waals surface area contributed by atoms with Crippen LogP contribution in [0.25, 0.3) is 0 Å². The van der Waals surface area contributed by atoms with Crippen molar-refractivity contribution >= 4 is 23.9 Å². The van der Waals surface area contributed by atoms with Crippen LogP contribution in [-0.2, 0) is 28.6 Å². The van der Waals surface area contributed by atoms with Gasteiger partial charge in [-0.25, -0.2) is 14.4 Å². The molecule has 2 rings (SSSR count). The maximum absolute atomic E-state index is 11.4. The van der Waals surface area contributed by atoms with Gasteiger partial charge in [0, 0.05) is 18.6 Å². The Hall–Kier alpha value is -2.58. The number of amides is 2. The molecule has 9 nitrogen and oxygen atoms in total. The molecule has 0 aromatic rings. The van der Waals surface area contributed by atoms with Gasteiger partial charge in [0.05, 0.1) is 6.04 Å². The summed E-state index contributed by atoms with van der Waals surface area (Å²) in [5.74, 6) is -1.49. The standard InChI is InChI=1S/C13H16N2O7/c16-10-2-1-8(14-10)5-20-11(17)3-4-12(18)21-6-9-7-22-13(19)15-9/h3-4,8-9H,1-2,5-7H2,(H,14,16)(H,15,19)/b4-3+/t8-,9+/m1/s1. The van der Waals surface area contributed by atoms with Gasteiger partial charge in [0.25, 0.3) is 0 Å². The molecule has 2 amide bonds. The number of carbonyl (C=O) groups excluding carboxylic acids is 4. The Balaban J connectivity index is 1.60. The lowest BCUT2D eigenvalue weighted by Gasteiger charge is -2.09. The van der Waals surface area contributed by atoms with Crippen molar-refractivity contribution in [2.75, 3.05) is 19.8 Å². The Kier molecular flexibility index (Phi) is 5.34. The average molecular weight is 312 g/mol. The highest BCUT2D eigenvalue weighted by atomic mass is 16.6. The Bertz CT molecular complexity index is 459. The zero-order valence-corrected chi connectivity index (χ0v) is 11.7. The maximum Gasteiger partial charge on any atom is 0.407 e. The van der Waals surface area contributed by atoms with Crippen molar-refractivity contribution in [3.05, 3.63) is 12.2 Å². The van der Waals surface area contributed by atoms with Crippen LogP contribution in [0.4, 0.5) is 4.79 Å². The summed E-state index contributed by atoms with van der Waals surface area (Å²) in [6.07, 6.45) is 2.37. The van der Waals surface area contributed by atoms with E-state index >= 15 is 0 Å². The van der Waals surface area contributed by atoms with Crippen LogP contribution in [0.1, 0.15) is 12.8 Å². The van der Waals surface area contributed by atoms with Crippen LogP contribution in [0.3, 0.4) is 0 Å². The van der Waals surface area contributed by atoms with Gasteiger partial charge < -0.3 is 24.8 Å². The minimum atomic E-state index is -0.729. The van der Waals surface area contributed by atoms with Crippen LogP contribution in [0.2, 0.25) is 0 Å². The number of nitrogens with one attached hydrogen (secondary N) is 2. The van der Waals surface area contributed by atoms with Gasteiger partial charge in [-0.2, -0.15) is 0 Å². The van der Waals surface area contributed by atoms with Crippen molar-refractivity contribution in [1.82, 2.24) is 10.6 Å². The highest BCUT2D eigenvalue weighted by molar-refractivity contribution is 5.91. The Labute approximate surface area is 126 Å². The zero-order chi connectivity index (χ0) is 15.9. The fourth-order valence-corrected chi connectivity index (χ4v) is 1.92. The second-order valence-corrected chi connectivity index (χ2v) is 4.84. The number of hydrogen-bond donors (Lipinski definition) is 2. The van der Waals surface area contributed by atoms with E-state index in [4.69, 9.17) is 9.47 Å². The topological polar surface area (TPSA) is 120 Å². The fourth-order valence-electron chi connectivity index (χ4n) is 1.92. The van der Waals surface area contributed by atoms with Crippen LogP contribution < -0.4 is 10.6 Å². The quantitative estimate of drug-likeness (QED) is 0.367. The van der Waals surface area contributed by atoms with E-state index in [1.54, 1.807) is 0 Å². The van der Waals surface area contributed by atoms with Crippen molar-refractivity contribution in [2.45, 2.75) is 24.9 Å². The van der Waals surface area contributed by atoms with Crippen LogP contribution in [-0.4, -0.2) is 55.8 Å². The number of ether oxygens (including phenoxy) is 3. The molecule has 0 saturated carbocycles. The number of carbonyl (C=O) groups is 4. The molecular formula is C13H16N2O7. The van der Waals surface area contributed by atoms with Crippen molar-refractivity contribution in [2.24, 2.45) is 0 Å².